The van der Waals surface area contributed by atoms with E-state index in [1.807, 2.05) is 42.7 Å². The van der Waals surface area contributed by atoms with Gasteiger partial charge in [0.15, 0.2) is 0 Å². The lowest BCUT2D eigenvalue weighted by Gasteiger charge is -2.14. The Morgan fingerprint density at radius 3 is 2.91 bits per heavy atom. The molecule has 118 valence electrons. The number of rotatable bonds is 6. The number of hydrogen-bond acceptors (Lipinski definition) is 5. The molecule has 0 spiro atoms. The molecule has 22 heavy (non-hydrogen) atoms. The van der Waals surface area contributed by atoms with E-state index in [0.717, 1.165) is 10.4 Å². The molecule has 2 heterocycles. The lowest BCUT2D eigenvalue weighted by Crippen LogP contribution is -2.43. The van der Waals surface area contributed by atoms with Crippen molar-refractivity contribution in [3.63, 3.8) is 0 Å². The Morgan fingerprint density at radius 2 is 2.27 bits per heavy atom. The van der Waals surface area contributed by atoms with E-state index in [1.54, 1.807) is 22.2 Å². The van der Waals surface area contributed by atoms with Crippen LogP contribution in [0, 0.1) is 0 Å². The van der Waals surface area contributed by atoms with E-state index >= 15 is 0 Å². The molecule has 0 fully saturated rings. The van der Waals surface area contributed by atoms with E-state index in [1.165, 1.54) is 0 Å². The number of aromatic nitrogens is 2. The minimum Gasteiger partial charge on any atom is -0.333 e. The van der Waals surface area contributed by atoms with Crippen molar-refractivity contribution in [1.29, 1.82) is 0 Å². The monoisotopic (exact) mass is 321 g/mol. The Kier molecular flexibility index (Phi) is 5.68. The molecule has 0 saturated heterocycles. The van der Waals surface area contributed by atoms with E-state index < -0.39 is 6.03 Å². The highest BCUT2D eigenvalue weighted by Gasteiger charge is 2.11. The van der Waals surface area contributed by atoms with Crippen LogP contribution in [0.1, 0.15) is 10.4 Å². The van der Waals surface area contributed by atoms with Crippen molar-refractivity contribution in [2.45, 2.75) is 13.1 Å². The van der Waals surface area contributed by atoms with Gasteiger partial charge < -0.3 is 5.32 Å². The van der Waals surface area contributed by atoms with Crippen molar-refractivity contribution < 1.29 is 9.59 Å². The third-order valence-corrected chi connectivity index (χ3v) is 3.76. The predicted octanol–water partition coefficient (Wildman–Crippen LogP) is 0.939. The molecule has 0 radical (unpaired) electrons. The first-order chi connectivity index (χ1) is 10.5. The molecular formula is C14H19N5O2S. The molecule has 2 aromatic heterocycles. The van der Waals surface area contributed by atoms with Crippen LogP contribution in [-0.4, -0.2) is 40.2 Å². The first kappa shape index (κ1) is 16.2. The summed E-state index contributed by atoms with van der Waals surface area (Å²) in [4.78, 5) is 26.3. The molecule has 0 bridgehead atoms. The molecule has 2 rings (SSSR count). The number of amides is 3. The molecule has 0 unspecified atom stereocenters. The molecule has 0 aliphatic carbocycles. The van der Waals surface area contributed by atoms with Gasteiger partial charge in [0.25, 0.3) is 0 Å². The average Bonchev–Trinajstić information content (AvgIpc) is 3.07. The molecule has 0 atom stereocenters. The van der Waals surface area contributed by atoms with Crippen LogP contribution in [-0.2, 0) is 24.9 Å². The molecule has 0 saturated carbocycles. The van der Waals surface area contributed by atoms with E-state index in [-0.39, 0.29) is 12.5 Å². The summed E-state index contributed by atoms with van der Waals surface area (Å²) in [6.45, 7) is 1.15. The van der Waals surface area contributed by atoms with Gasteiger partial charge in [0.2, 0.25) is 5.91 Å². The second-order valence-corrected chi connectivity index (χ2v) is 6.04. The van der Waals surface area contributed by atoms with Crippen molar-refractivity contribution in [3.8, 4) is 0 Å². The summed E-state index contributed by atoms with van der Waals surface area (Å²) in [6.07, 6.45) is 3.64. The number of nitrogens with zero attached hydrogens (tertiary/aromatic N) is 3. The minimum absolute atomic E-state index is 0.140. The topological polar surface area (TPSA) is 79.3 Å². The van der Waals surface area contributed by atoms with Gasteiger partial charge in [0.05, 0.1) is 19.3 Å². The van der Waals surface area contributed by atoms with Gasteiger partial charge in [-0.1, -0.05) is 6.07 Å². The molecule has 2 N–H and O–H groups in total. The molecule has 0 aliphatic heterocycles. The first-order valence-electron chi connectivity index (χ1n) is 6.79. The number of nitrogens with one attached hydrogen (secondary N) is 2. The summed E-state index contributed by atoms with van der Waals surface area (Å²) in [6, 6.07) is 3.36. The van der Waals surface area contributed by atoms with Crippen LogP contribution in [0.3, 0.4) is 0 Å². The highest BCUT2D eigenvalue weighted by molar-refractivity contribution is 7.09. The van der Waals surface area contributed by atoms with Gasteiger partial charge in [-0.3, -0.25) is 19.7 Å². The third-order valence-electron chi connectivity index (χ3n) is 2.88. The Labute approximate surface area is 132 Å². The Balaban J connectivity index is 1.69. The largest absolute Gasteiger partial charge is 0.333 e. The molecule has 2 aromatic rings. The number of carbonyl (C=O) groups excluding carboxylic acids is 2. The number of likely N-dealkylation sites (N-methyl/N-ethyl adjacent to an activating group) is 1. The second-order valence-electron chi connectivity index (χ2n) is 5.00. The standard InChI is InChI=1S/C14H19N5O2S/c1-18(8-11-6-16-19(2)9-11)10-13(20)17-14(21)15-7-12-4-3-5-22-12/h3-6,9H,7-8,10H2,1-2H3,(H2,15,17,20,21). The Bertz CT molecular complexity index is 623. The number of urea groups is 1. The van der Waals surface area contributed by atoms with Gasteiger partial charge in [-0.2, -0.15) is 5.10 Å². The molecule has 7 nitrogen and oxygen atoms in total. The van der Waals surface area contributed by atoms with Gasteiger partial charge >= 0.3 is 6.03 Å². The summed E-state index contributed by atoms with van der Waals surface area (Å²) in [5, 5.41) is 11.0. The number of imide groups is 1. The zero-order valence-electron chi connectivity index (χ0n) is 12.6. The maximum absolute atomic E-state index is 11.8. The van der Waals surface area contributed by atoms with Crippen LogP contribution in [0.25, 0.3) is 0 Å². The number of thiophene rings is 1. The van der Waals surface area contributed by atoms with Gasteiger partial charge in [0.1, 0.15) is 0 Å². The van der Waals surface area contributed by atoms with E-state index in [2.05, 4.69) is 15.7 Å². The predicted molar refractivity (Wildman–Crippen MR) is 84.2 cm³/mol. The minimum atomic E-state index is -0.479. The molecule has 0 aromatic carbocycles. The maximum Gasteiger partial charge on any atom is 0.321 e. The molecule has 0 aliphatic rings. The summed E-state index contributed by atoms with van der Waals surface area (Å²) >= 11 is 1.55. The zero-order valence-corrected chi connectivity index (χ0v) is 13.4. The highest BCUT2D eigenvalue weighted by atomic mass is 32.1. The van der Waals surface area contributed by atoms with E-state index in [4.69, 9.17) is 0 Å². The van der Waals surface area contributed by atoms with Gasteiger partial charge in [-0.25, -0.2) is 4.79 Å². The van der Waals surface area contributed by atoms with E-state index in [9.17, 15) is 9.59 Å². The van der Waals surface area contributed by atoms with Gasteiger partial charge in [-0.15, -0.1) is 11.3 Å². The number of carbonyl (C=O) groups is 2. The first-order valence-corrected chi connectivity index (χ1v) is 7.67. The van der Waals surface area contributed by atoms with Crippen LogP contribution in [0.5, 0.6) is 0 Å². The summed E-state index contributed by atoms with van der Waals surface area (Å²) in [5.41, 5.74) is 1.01. The summed E-state index contributed by atoms with van der Waals surface area (Å²) in [7, 11) is 3.66. The molecule has 8 heteroatoms. The third kappa shape index (κ3) is 5.30. The van der Waals surface area contributed by atoms with Crippen LogP contribution in [0.2, 0.25) is 0 Å². The van der Waals surface area contributed by atoms with Gasteiger partial charge in [-0.05, 0) is 18.5 Å². The average molecular weight is 321 g/mol. The quantitative estimate of drug-likeness (QED) is 0.830. The summed E-state index contributed by atoms with van der Waals surface area (Å²) in [5.74, 6) is -0.338. The van der Waals surface area contributed by atoms with Crippen LogP contribution in [0.15, 0.2) is 29.9 Å². The van der Waals surface area contributed by atoms with Gasteiger partial charge in [0, 0.05) is 30.2 Å². The van der Waals surface area contributed by atoms with Crippen molar-refractivity contribution in [2.75, 3.05) is 13.6 Å². The molecule has 3 amide bonds. The second kappa shape index (κ2) is 7.71. The smallest absolute Gasteiger partial charge is 0.321 e. The van der Waals surface area contributed by atoms with Crippen molar-refractivity contribution in [3.05, 3.63) is 40.3 Å². The SMILES string of the molecule is CN(CC(=O)NC(=O)NCc1cccs1)Cc1cnn(C)c1. The molecular weight excluding hydrogens is 302 g/mol. The number of hydrogen-bond donors (Lipinski definition) is 2. The van der Waals surface area contributed by atoms with E-state index in [0.29, 0.717) is 13.1 Å². The fourth-order valence-electron chi connectivity index (χ4n) is 1.96. The van der Waals surface area contributed by atoms with Crippen LogP contribution >= 0.6 is 11.3 Å². The lowest BCUT2D eigenvalue weighted by atomic mass is 10.3. The normalized spacial score (nSPS) is 10.7. The highest BCUT2D eigenvalue weighted by Crippen LogP contribution is 2.07. The Morgan fingerprint density at radius 1 is 1.45 bits per heavy atom. The van der Waals surface area contributed by atoms with Crippen molar-refractivity contribution in [1.82, 2.24) is 25.3 Å². The van der Waals surface area contributed by atoms with Crippen molar-refractivity contribution >= 4 is 23.3 Å². The lowest BCUT2D eigenvalue weighted by molar-refractivity contribution is -0.120. The fraction of sp³-hybridized carbons (Fsp3) is 0.357. The maximum atomic E-state index is 11.8. The van der Waals surface area contributed by atoms with Crippen LogP contribution < -0.4 is 10.6 Å². The van der Waals surface area contributed by atoms with Crippen molar-refractivity contribution in [2.24, 2.45) is 7.05 Å². The van der Waals surface area contributed by atoms with Crippen LogP contribution in [0.4, 0.5) is 4.79 Å². The zero-order chi connectivity index (χ0) is 15.9. The fourth-order valence-corrected chi connectivity index (χ4v) is 2.60. The Hall–Kier alpha value is -2.19. The summed E-state index contributed by atoms with van der Waals surface area (Å²) < 4.78 is 1.71. The number of aryl methyl sites for hydroxylation is 1.